The van der Waals surface area contributed by atoms with Crippen LogP contribution in [0.3, 0.4) is 0 Å². The lowest BCUT2D eigenvalue weighted by Gasteiger charge is -2.17. The smallest absolute Gasteiger partial charge is 0.227 e. The normalized spacial score (nSPS) is 15.9. The summed E-state index contributed by atoms with van der Waals surface area (Å²) in [7, 11) is 0. The van der Waals surface area contributed by atoms with E-state index in [4.69, 9.17) is 21.3 Å². The minimum absolute atomic E-state index is 0.0399. The number of anilines is 1. The van der Waals surface area contributed by atoms with Gasteiger partial charge in [0.15, 0.2) is 0 Å². The van der Waals surface area contributed by atoms with Gasteiger partial charge in [-0.3, -0.25) is 4.79 Å². The first-order valence-corrected chi connectivity index (χ1v) is 12.2. The molecule has 1 aliphatic heterocycles. The molecule has 5 rings (SSSR count). The standard InChI is InChI=1S/C28H28ClN3O2/c1-2-20-8-14-24(15-9-20)34-17-5-16-31-26-7-4-3-6-25(26)30-28(31)21-18-27(33)32(19-21)23-12-10-22(29)11-13-23/h3-4,6-15,21H,2,5,16-19H2,1H3/t21-/m1/s1. The quantitative estimate of drug-likeness (QED) is 0.284. The molecule has 0 bridgehead atoms. The fourth-order valence-electron chi connectivity index (χ4n) is 4.63. The lowest BCUT2D eigenvalue weighted by molar-refractivity contribution is -0.117. The summed E-state index contributed by atoms with van der Waals surface area (Å²) >= 11 is 6.03. The van der Waals surface area contributed by atoms with Crippen LogP contribution < -0.4 is 9.64 Å². The Balaban J connectivity index is 1.32. The Hall–Kier alpha value is -3.31. The first kappa shape index (κ1) is 22.5. The summed E-state index contributed by atoms with van der Waals surface area (Å²) in [6.45, 7) is 4.17. The molecule has 0 spiro atoms. The highest BCUT2D eigenvalue weighted by molar-refractivity contribution is 6.30. The lowest BCUT2D eigenvalue weighted by Crippen LogP contribution is -2.24. The molecule has 34 heavy (non-hydrogen) atoms. The third-order valence-electron chi connectivity index (χ3n) is 6.44. The van der Waals surface area contributed by atoms with Gasteiger partial charge in [-0.2, -0.15) is 0 Å². The van der Waals surface area contributed by atoms with E-state index < -0.39 is 0 Å². The second kappa shape index (κ2) is 9.90. The van der Waals surface area contributed by atoms with Gasteiger partial charge in [-0.15, -0.1) is 0 Å². The van der Waals surface area contributed by atoms with Crippen molar-refractivity contribution in [1.29, 1.82) is 0 Å². The predicted octanol–water partition coefficient (Wildman–Crippen LogP) is 6.24. The predicted molar refractivity (Wildman–Crippen MR) is 137 cm³/mol. The number of fused-ring (bicyclic) bond motifs is 1. The molecule has 3 aromatic carbocycles. The van der Waals surface area contributed by atoms with Crippen molar-refractivity contribution in [2.75, 3.05) is 18.1 Å². The molecule has 1 aliphatic rings. The highest BCUT2D eigenvalue weighted by Gasteiger charge is 2.34. The van der Waals surface area contributed by atoms with E-state index in [1.807, 2.05) is 59.5 Å². The number of nitrogens with zero attached hydrogens (tertiary/aromatic N) is 3. The van der Waals surface area contributed by atoms with Crippen molar-refractivity contribution in [2.24, 2.45) is 0 Å². The van der Waals surface area contributed by atoms with Crippen molar-refractivity contribution in [1.82, 2.24) is 9.55 Å². The molecular formula is C28H28ClN3O2. The number of hydrogen-bond acceptors (Lipinski definition) is 3. The maximum atomic E-state index is 12.9. The Morgan fingerprint density at radius 2 is 1.79 bits per heavy atom. The van der Waals surface area contributed by atoms with E-state index in [2.05, 4.69) is 29.7 Å². The SMILES string of the molecule is CCc1ccc(OCCCn2c([C@@H]3CC(=O)N(c4ccc(Cl)cc4)C3)nc3ccccc32)cc1. The van der Waals surface area contributed by atoms with Crippen LogP contribution in [0.2, 0.25) is 5.02 Å². The summed E-state index contributed by atoms with van der Waals surface area (Å²) in [5, 5.41) is 0.664. The maximum Gasteiger partial charge on any atom is 0.227 e. The minimum atomic E-state index is 0.0399. The summed E-state index contributed by atoms with van der Waals surface area (Å²) in [5.74, 6) is 2.02. The van der Waals surface area contributed by atoms with Crippen molar-refractivity contribution in [3.8, 4) is 5.75 Å². The van der Waals surface area contributed by atoms with Crippen LogP contribution in [-0.2, 0) is 17.8 Å². The van der Waals surface area contributed by atoms with E-state index in [9.17, 15) is 4.79 Å². The number of ether oxygens (including phenoxy) is 1. The fourth-order valence-corrected chi connectivity index (χ4v) is 4.75. The number of aromatic nitrogens is 2. The van der Waals surface area contributed by atoms with Crippen LogP contribution in [0.15, 0.2) is 72.8 Å². The summed E-state index contributed by atoms with van der Waals surface area (Å²) in [5.41, 5.74) is 4.25. The van der Waals surface area contributed by atoms with Gasteiger partial charge in [-0.25, -0.2) is 4.98 Å². The number of carbonyl (C=O) groups excluding carboxylic acids is 1. The molecule has 0 N–H and O–H groups in total. The molecule has 2 heterocycles. The molecule has 1 saturated heterocycles. The summed E-state index contributed by atoms with van der Waals surface area (Å²) in [6, 6.07) is 23.9. The lowest BCUT2D eigenvalue weighted by atomic mass is 10.1. The molecule has 1 fully saturated rings. The van der Waals surface area contributed by atoms with Crippen LogP contribution in [0.1, 0.15) is 37.1 Å². The van der Waals surface area contributed by atoms with Gasteiger partial charge in [0.25, 0.3) is 0 Å². The monoisotopic (exact) mass is 473 g/mol. The van der Waals surface area contributed by atoms with Gasteiger partial charge in [0, 0.05) is 36.1 Å². The first-order valence-electron chi connectivity index (χ1n) is 11.8. The molecule has 0 unspecified atom stereocenters. The number of benzene rings is 3. The molecule has 174 valence electrons. The zero-order valence-electron chi connectivity index (χ0n) is 19.3. The molecule has 4 aromatic rings. The highest BCUT2D eigenvalue weighted by atomic mass is 35.5. The van der Waals surface area contributed by atoms with E-state index in [1.165, 1.54) is 5.56 Å². The largest absolute Gasteiger partial charge is 0.494 e. The van der Waals surface area contributed by atoms with Crippen molar-refractivity contribution in [3.63, 3.8) is 0 Å². The van der Waals surface area contributed by atoms with Crippen LogP contribution in [0.25, 0.3) is 11.0 Å². The van der Waals surface area contributed by atoms with E-state index >= 15 is 0 Å². The Morgan fingerprint density at radius 3 is 2.56 bits per heavy atom. The van der Waals surface area contributed by atoms with Crippen molar-refractivity contribution >= 4 is 34.2 Å². The average Bonchev–Trinajstić information content (AvgIpc) is 3.43. The van der Waals surface area contributed by atoms with E-state index in [-0.39, 0.29) is 11.8 Å². The van der Waals surface area contributed by atoms with Gasteiger partial charge in [-0.1, -0.05) is 42.8 Å². The second-order valence-corrected chi connectivity index (χ2v) is 9.13. The molecule has 1 atom stereocenters. The van der Waals surface area contributed by atoms with Crippen molar-refractivity contribution in [3.05, 3.63) is 89.2 Å². The summed E-state index contributed by atoms with van der Waals surface area (Å²) < 4.78 is 8.24. The highest BCUT2D eigenvalue weighted by Crippen LogP contribution is 2.33. The number of para-hydroxylation sites is 2. The molecule has 1 aromatic heterocycles. The van der Waals surface area contributed by atoms with Gasteiger partial charge < -0.3 is 14.2 Å². The van der Waals surface area contributed by atoms with Crippen LogP contribution in [0, 0.1) is 0 Å². The fraction of sp³-hybridized carbons (Fsp3) is 0.286. The number of imidazole rings is 1. The second-order valence-electron chi connectivity index (χ2n) is 8.69. The molecular weight excluding hydrogens is 446 g/mol. The number of aryl methyl sites for hydroxylation is 2. The Kier molecular flexibility index (Phi) is 6.54. The Morgan fingerprint density at radius 1 is 1.03 bits per heavy atom. The van der Waals surface area contributed by atoms with E-state index in [0.717, 1.165) is 47.7 Å². The average molecular weight is 474 g/mol. The summed E-state index contributed by atoms with van der Waals surface area (Å²) in [4.78, 5) is 19.7. The van der Waals surface area contributed by atoms with Gasteiger partial charge in [0.1, 0.15) is 11.6 Å². The Bertz CT molecular complexity index is 1280. The maximum absolute atomic E-state index is 12.9. The van der Waals surface area contributed by atoms with Gasteiger partial charge >= 0.3 is 0 Å². The van der Waals surface area contributed by atoms with Gasteiger partial charge in [-0.05, 0) is 66.9 Å². The molecule has 0 saturated carbocycles. The molecule has 0 aliphatic carbocycles. The van der Waals surface area contributed by atoms with Crippen LogP contribution >= 0.6 is 11.6 Å². The van der Waals surface area contributed by atoms with Crippen LogP contribution in [0.5, 0.6) is 5.75 Å². The molecule has 6 heteroatoms. The number of hydrogen-bond donors (Lipinski definition) is 0. The molecule has 1 amide bonds. The van der Waals surface area contributed by atoms with E-state index in [1.54, 1.807) is 0 Å². The summed E-state index contributed by atoms with van der Waals surface area (Å²) in [6.07, 6.45) is 2.33. The third kappa shape index (κ3) is 4.66. The van der Waals surface area contributed by atoms with E-state index in [0.29, 0.717) is 24.6 Å². The Labute approximate surface area is 204 Å². The first-order chi connectivity index (χ1) is 16.6. The number of carbonyl (C=O) groups is 1. The minimum Gasteiger partial charge on any atom is -0.494 e. The number of amides is 1. The zero-order valence-corrected chi connectivity index (χ0v) is 20.0. The molecule has 0 radical (unpaired) electrons. The van der Waals surface area contributed by atoms with Crippen LogP contribution in [0.4, 0.5) is 5.69 Å². The van der Waals surface area contributed by atoms with Crippen LogP contribution in [-0.4, -0.2) is 28.6 Å². The zero-order chi connectivity index (χ0) is 23.5. The van der Waals surface area contributed by atoms with Crippen molar-refractivity contribution in [2.45, 2.75) is 38.6 Å². The van der Waals surface area contributed by atoms with Crippen molar-refractivity contribution < 1.29 is 9.53 Å². The third-order valence-corrected chi connectivity index (χ3v) is 6.69. The van der Waals surface area contributed by atoms with Gasteiger partial charge in [0.05, 0.1) is 17.6 Å². The topological polar surface area (TPSA) is 47.4 Å². The number of halogens is 1. The number of rotatable bonds is 8. The molecule has 5 nitrogen and oxygen atoms in total. The van der Waals surface area contributed by atoms with Gasteiger partial charge in [0.2, 0.25) is 5.91 Å².